The lowest BCUT2D eigenvalue weighted by Gasteiger charge is -2.32. The van der Waals surface area contributed by atoms with E-state index >= 15 is 0 Å². The SMILES string of the molecule is NS(=O)(=O)NCCC1CCN(c2ncnc3c2=NCC=3)CC1. The molecule has 0 amide bonds. The Morgan fingerprint density at radius 3 is 2.82 bits per heavy atom. The minimum atomic E-state index is -3.58. The van der Waals surface area contributed by atoms with Crippen molar-refractivity contribution in [3.63, 3.8) is 0 Å². The van der Waals surface area contributed by atoms with E-state index in [1.807, 2.05) is 6.08 Å². The molecule has 3 heterocycles. The third-order valence-corrected chi connectivity index (χ3v) is 4.74. The maximum atomic E-state index is 10.8. The Hall–Kier alpha value is -1.58. The first-order valence-corrected chi connectivity index (χ1v) is 8.95. The Morgan fingerprint density at radius 1 is 1.32 bits per heavy atom. The highest BCUT2D eigenvalue weighted by Gasteiger charge is 2.22. The van der Waals surface area contributed by atoms with Gasteiger partial charge in [0.1, 0.15) is 11.7 Å². The van der Waals surface area contributed by atoms with Crippen molar-refractivity contribution in [3.05, 3.63) is 17.0 Å². The first-order valence-electron chi connectivity index (χ1n) is 7.41. The highest BCUT2D eigenvalue weighted by Crippen LogP contribution is 2.21. The van der Waals surface area contributed by atoms with Gasteiger partial charge in [-0.25, -0.2) is 19.8 Å². The molecule has 0 bridgehead atoms. The Kier molecular flexibility index (Phi) is 4.37. The number of nitrogens with one attached hydrogen (secondary N) is 1. The van der Waals surface area contributed by atoms with Gasteiger partial charge in [-0.15, -0.1) is 0 Å². The molecule has 1 aromatic rings. The second kappa shape index (κ2) is 6.27. The largest absolute Gasteiger partial charge is 0.355 e. The lowest BCUT2D eigenvalue weighted by molar-refractivity contribution is 0.380. The summed E-state index contributed by atoms with van der Waals surface area (Å²) in [5.74, 6) is 1.42. The Labute approximate surface area is 129 Å². The first kappa shape index (κ1) is 15.3. The molecule has 2 aliphatic heterocycles. The van der Waals surface area contributed by atoms with Crippen LogP contribution in [0.3, 0.4) is 0 Å². The third kappa shape index (κ3) is 3.60. The van der Waals surface area contributed by atoms with Crippen molar-refractivity contribution in [2.45, 2.75) is 19.3 Å². The molecule has 0 atom stereocenters. The number of hydrogen-bond donors (Lipinski definition) is 2. The quantitative estimate of drug-likeness (QED) is 0.669. The van der Waals surface area contributed by atoms with Crippen molar-refractivity contribution in [3.8, 4) is 0 Å². The fourth-order valence-corrected chi connectivity index (χ4v) is 3.38. The van der Waals surface area contributed by atoms with Gasteiger partial charge in [-0.05, 0) is 31.3 Å². The molecule has 0 saturated carbocycles. The molecule has 0 aliphatic carbocycles. The van der Waals surface area contributed by atoms with Crippen LogP contribution in [0.25, 0.3) is 6.08 Å². The molecule has 9 heteroatoms. The highest BCUT2D eigenvalue weighted by atomic mass is 32.2. The van der Waals surface area contributed by atoms with E-state index in [2.05, 4.69) is 24.6 Å². The van der Waals surface area contributed by atoms with Crippen molar-refractivity contribution in [1.82, 2.24) is 14.7 Å². The summed E-state index contributed by atoms with van der Waals surface area (Å²) in [4.78, 5) is 15.3. The number of nitrogens with zero attached hydrogens (tertiary/aromatic N) is 4. The van der Waals surface area contributed by atoms with Gasteiger partial charge in [-0.2, -0.15) is 8.42 Å². The van der Waals surface area contributed by atoms with Crippen LogP contribution in [0.2, 0.25) is 0 Å². The second-order valence-electron chi connectivity index (χ2n) is 5.63. The maximum absolute atomic E-state index is 10.8. The van der Waals surface area contributed by atoms with Crippen LogP contribution in [0, 0.1) is 5.92 Å². The Bertz CT molecular complexity index is 755. The summed E-state index contributed by atoms with van der Waals surface area (Å²) in [5.41, 5.74) is 0. The van der Waals surface area contributed by atoms with E-state index in [1.165, 1.54) is 0 Å². The van der Waals surface area contributed by atoms with E-state index < -0.39 is 10.2 Å². The molecule has 8 nitrogen and oxygen atoms in total. The molecule has 0 spiro atoms. The molecule has 2 aliphatic rings. The van der Waals surface area contributed by atoms with E-state index in [1.54, 1.807) is 6.33 Å². The van der Waals surface area contributed by atoms with E-state index in [9.17, 15) is 8.42 Å². The summed E-state index contributed by atoms with van der Waals surface area (Å²) in [6.45, 7) is 2.88. The Balaban J connectivity index is 1.57. The minimum absolute atomic E-state index is 0.400. The van der Waals surface area contributed by atoms with Gasteiger partial charge in [0.15, 0.2) is 5.82 Å². The summed E-state index contributed by atoms with van der Waals surface area (Å²) in [6, 6.07) is 0. The predicted octanol–water partition coefficient (Wildman–Crippen LogP) is -1.71. The van der Waals surface area contributed by atoms with Gasteiger partial charge in [0.05, 0.1) is 11.9 Å². The van der Waals surface area contributed by atoms with Crippen LogP contribution < -0.4 is 25.5 Å². The zero-order chi connectivity index (χ0) is 15.6. The maximum Gasteiger partial charge on any atom is 0.274 e. The van der Waals surface area contributed by atoms with Gasteiger partial charge < -0.3 is 4.90 Å². The monoisotopic (exact) mass is 324 g/mol. The molecule has 22 heavy (non-hydrogen) atoms. The van der Waals surface area contributed by atoms with Crippen LogP contribution in [0.4, 0.5) is 5.82 Å². The summed E-state index contributed by atoms with van der Waals surface area (Å²) in [5, 5.41) is 6.75. The summed E-state index contributed by atoms with van der Waals surface area (Å²) >= 11 is 0. The molecular weight excluding hydrogens is 304 g/mol. The molecule has 1 fully saturated rings. The van der Waals surface area contributed by atoms with Crippen molar-refractivity contribution >= 4 is 22.1 Å². The number of nitrogens with two attached hydrogens (primary N) is 1. The summed E-state index contributed by atoms with van der Waals surface area (Å²) < 4.78 is 24.0. The molecule has 0 radical (unpaired) electrons. The van der Waals surface area contributed by atoms with E-state index in [-0.39, 0.29) is 0 Å². The van der Waals surface area contributed by atoms with Crippen molar-refractivity contribution < 1.29 is 8.42 Å². The molecule has 3 N–H and O–H groups in total. The number of fused-ring (bicyclic) bond motifs is 1. The third-order valence-electron chi connectivity index (χ3n) is 4.14. The molecule has 0 aromatic carbocycles. The van der Waals surface area contributed by atoms with Crippen molar-refractivity contribution in [1.29, 1.82) is 0 Å². The zero-order valence-electron chi connectivity index (χ0n) is 12.3. The second-order valence-corrected chi connectivity index (χ2v) is 7.01. The van der Waals surface area contributed by atoms with Crippen molar-refractivity contribution in [2.24, 2.45) is 16.0 Å². The topological polar surface area (TPSA) is 114 Å². The van der Waals surface area contributed by atoms with E-state index in [0.29, 0.717) is 19.0 Å². The number of aromatic nitrogens is 2. The first-order chi connectivity index (χ1) is 10.5. The van der Waals surface area contributed by atoms with Gasteiger partial charge in [0.25, 0.3) is 10.2 Å². The normalized spacial score (nSPS) is 18.7. The number of hydrogen-bond acceptors (Lipinski definition) is 6. The Morgan fingerprint density at radius 2 is 2.09 bits per heavy atom. The van der Waals surface area contributed by atoms with Crippen molar-refractivity contribution in [2.75, 3.05) is 31.1 Å². The average molecular weight is 324 g/mol. The van der Waals surface area contributed by atoms with Gasteiger partial charge in [0.2, 0.25) is 0 Å². The zero-order valence-corrected chi connectivity index (χ0v) is 13.1. The van der Waals surface area contributed by atoms with E-state index in [0.717, 1.165) is 48.9 Å². The van der Waals surface area contributed by atoms with Gasteiger partial charge in [-0.1, -0.05) is 0 Å². The minimum Gasteiger partial charge on any atom is -0.355 e. The van der Waals surface area contributed by atoms with Crippen LogP contribution in [0.5, 0.6) is 0 Å². The van der Waals surface area contributed by atoms with Gasteiger partial charge in [-0.3, -0.25) is 4.99 Å². The van der Waals surface area contributed by atoms with Crippen LogP contribution >= 0.6 is 0 Å². The number of anilines is 1. The van der Waals surface area contributed by atoms with Gasteiger partial charge in [0, 0.05) is 19.6 Å². The average Bonchev–Trinajstić information content (AvgIpc) is 2.95. The molecule has 1 aromatic heterocycles. The molecule has 0 unspecified atom stereocenters. The fourth-order valence-electron chi connectivity index (χ4n) is 2.98. The lowest BCUT2D eigenvalue weighted by Crippen LogP contribution is -2.41. The highest BCUT2D eigenvalue weighted by molar-refractivity contribution is 7.87. The molecule has 1 saturated heterocycles. The standard InChI is InChI=1S/C13H20N6O2S/c14-22(20,21)18-6-1-10-3-7-19(8-4-10)13-12-11(2-5-15-12)16-9-17-13/h2,9-10,18H,1,3-8H2,(H2,14,20,21). The van der Waals surface area contributed by atoms with Crippen LogP contribution in [-0.2, 0) is 10.2 Å². The molecule has 3 rings (SSSR count). The van der Waals surface area contributed by atoms with Gasteiger partial charge >= 0.3 is 0 Å². The summed E-state index contributed by atoms with van der Waals surface area (Å²) in [7, 11) is -3.58. The predicted molar refractivity (Wildman–Crippen MR) is 82.8 cm³/mol. The number of rotatable bonds is 5. The molecule has 120 valence electrons. The van der Waals surface area contributed by atoms with E-state index in [4.69, 9.17) is 5.14 Å². The van der Waals surface area contributed by atoms with Crippen LogP contribution in [0.1, 0.15) is 19.3 Å². The fraction of sp³-hybridized carbons (Fsp3) is 0.615. The lowest BCUT2D eigenvalue weighted by atomic mass is 9.93. The van der Waals surface area contributed by atoms with Crippen LogP contribution in [0.15, 0.2) is 11.3 Å². The summed E-state index contributed by atoms with van der Waals surface area (Å²) in [6.07, 6.45) is 6.42. The van der Waals surface area contributed by atoms with Crippen LogP contribution in [-0.4, -0.2) is 44.6 Å². The number of piperidine rings is 1. The smallest absolute Gasteiger partial charge is 0.274 e. The molecular formula is C13H20N6O2S.